The summed E-state index contributed by atoms with van der Waals surface area (Å²) in [6.45, 7) is 3.88. The van der Waals surface area contributed by atoms with E-state index in [1.54, 1.807) is 49.4 Å². The third kappa shape index (κ3) is 8.02. The summed E-state index contributed by atoms with van der Waals surface area (Å²) in [5.74, 6) is -0.513. The van der Waals surface area contributed by atoms with Gasteiger partial charge in [0.05, 0.1) is 17.2 Å². The zero-order chi connectivity index (χ0) is 30.7. The molecule has 0 bridgehead atoms. The van der Waals surface area contributed by atoms with Crippen molar-refractivity contribution in [3.8, 4) is 5.75 Å². The van der Waals surface area contributed by atoms with Gasteiger partial charge in [-0.15, -0.1) is 0 Å². The highest BCUT2D eigenvalue weighted by Gasteiger charge is 2.35. The van der Waals surface area contributed by atoms with Crippen molar-refractivity contribution in [1.29, 1.82) is 0 Å². The number of anilines is 1. The number of benzene rings is 4. The number of carbonyl (C=O) groups excluding carboxylic acids is 2. The van der Waals surface area contributed by atoms with Crippen LogP contribution < -0.4 is 14.4 Å². The van der Waals surface area contributed by atoms with E-state index >= 15 is 0 Å². The summed E-state index contributed by atoms with van der Waals surface area (Å²) >= 11 is 0. The van der Waals surface area contributed by atoms with Crippen LogP contribution in [0.5, 0.6) is 5.75 Å². The normalized spacial score (nSPS) is 11.8. The van der Waals surface area contributed by atoms with E-state index in [9.17, 15) is 18.0 Å². The van der Waals surface area contributed by atoms with Crippen LogP contribution in [0.3, 0.4) is 0 Å². The first-order valence-electron chi connectivity index (χ1n) is 14.3. The molecule has 0 spiro atoms. The average Bonchev–Trinajstić information content (AvgIpc) is 3.03. The van der Waals surface area contributed by atoms with Gasteiger partial charge in [0.1, 0.15) is 18.3 Å². The van der Waals surface area contributed by atoms with Crippen molar-refractivity contribution < 1.29 is 22.7 Å². The van der Waals surface area contributed by atoms with E-state index in [0.717, 1.165) is 15.4 Å². The largest absolute Gasteiger partial charge is 0.492 e. The van der Waals surface area contributed by atoms with Gasteiger partial charge in [-0.2, -0.15) is 0 Å². The topological polar surface area (TPSA) is 96.0 Å². The maximum atomic E-state index is 14.4. The fourth-order valence-corrected chi connectivity index (χ4v) is 6.25. The molecule has 1 atom stereocenters. The number of sulfonamides is 1. The van der Waals surface area contributed by atoms with Crippen LogP contribution in [0.4, 0.5) is 5.69 Å². The first-order valence-corrected chi connectivity index (χ1v) is 15.7. The van der Waals surface area contributed by atoms with E-state index in [-0.39, 0.29) is 29.5 Å². The predicted octanol–water partition coefficient (Wildman–Crippen LogP) is 5.06. The van der Waals surface area contributed by atoms with Crippen molar-refractivity contribution in [2.45, 2.75) is 37.8 Å². The number of likely N-dealkylation sites (N-methyl/N-ethyl adjacent to an activating group) is 1. The lowest BCUT2D eigenvalue weighted by molar-refractivity contribution is -0.140. The lowest BCUT2D eigenvalue weighted by Crippen LogP contribution is -2.53. The van der Waals surface area contributed by atoms with Crippen molar-refractivity contribution in [3.63, 3.8) is 0 Å². The molecule has 4 aromatic rings. The van der Waals surface area contributed by atoms with Crippen molar-refractivity contribution in [1.82, 2.24) is 10.2 Å². The SMILES string of the molecule is CCNC(=O)[C@@H](Cc1ccccc1)N(Cc1ccccc1)C(=O)CN(c1ccccc1OCC)S(=O)(=O)c1ccccc1. The molecule has 4 aromatic carbocycles. The van der Waals surface area contributed by atoms with Gasteiger partial charge in [0, 0.05) is 19.5 Å². The van der Waals surface area contributed by atoms with Gasteiger partial charge in [-0.05, 0) is 49.2 Å². The van der Waals surface area contributed by atoms with Crippen LogP contribution in [0, 0.1) is 0 Å². The first-order chi connectivity index (χ1) is 20.8. The number of nitrogens with zero attached hydrogens (tertiary/aromatic N) is 2. The van der Waals surface area contributed by atoms with Crippen LogP contribution in [0.25, 0.3) is 0 Å². The lowest BCUT2D eigenvalue weighted by atomic mass is 10.0. The van der Waals surface area contributed by atoms with Crippen LogP contribution in [-0.2, 0) is 32.6 Å². The first kappa shape index (κ1) is 31.3. The van der Waals surface area contributed by atoms with Crippen LogP contribution in [0.2, 0.25) is 0 Å². The summed E-state index contributed by atoms with van der Waals surface area (Å²) in [6, 6.07) is 32.6. The minimum atomic E-state index is -4.21. The Hall–Kier alpha value is -4.63. The minimum absolute atomic E-state index is 0.0354. The summed E-state index contributed by atoms with van der Waals surface area (Å²) < 4.78 is 35.1. The second-order valence-corrected chi connectivity index (χ2v) is 11.7. The number of amides is 2. The Kier molecular flexibility index (Phi) is 10.9. The highest BCUT2D eigenvalue weighted by atomic mass is 32.2. The van der Waals surface area contributed by atoms with Gasteiger partial charge >= 0.3 is 0 Å². The molecular formula is C34H37N3O5S. The van der Waals surface area contributed by atoms with Crippen molar-refractivity contribution in [3.05, 3.63) is 126 Å². The predicted molar refractivity (Wildman–Crippen MR) is 168 cm³/mol. The molecule has 9 heteroatoms. The van der Waals surface area contributed by atoms with Gasteiger partial charge in [0.25, 0.3) is 10.0 Å². The number of hydrogen-bond donors (Lipinski definition) is 1. The molecule has 0 aromatic heterocycles. The van der Waals surface area contributed by atoms with Crippen molar-refractivity contribution >= 4 is 27.5 Å². The number of rotatable bonds is 14. The molecule has 224 valence electrons. The molecule has 43 heavy (non-hydrogen) atoms. The maximum Gasteiger partial charge on any atom is 0.264 e. The Balaban J connectivity index is 1.81. The molecule has 0 aliphatic carbocycles. The zero-order valence-electron chi connectivity index (χ0n) is 24.4. The number of para-hydroxylation sites is 2. The number of nitrogens with one attached hydrogen (secondary N) is 1. The molecule has 0 radical (unpaired) electrons. The second-order valence-electron chi connectivity index (χ2n) is 9.83. The lowest BCUT2D eigenvalue weighted by Gasteiger charge is -2.34. The molecule has 0 saturated heterocycles. The summed E-state index contributed by atoms with van der Waals surface area (Å²) in [4.78, 5) is 29.5. The van der Waals surface area contributed by atoms with Crippen LogP contribution in [-0.4, -0.2) is 50.9 Å². The molecule has 0 unspecified atom stereocenters. The van der Waals surface area contributed by atoms with E-state index in [1.807, 2.05) is 67.6 Å². The molecule has 0 fully saturated rings. The molecular weight excluding hydrogens is 562 g/mol. The fourth-order valence-electron chi connectivity index (χ4n) is 4.80. The standard InChI is InChI=1S/C34H37N3O5S/c1-3-35-34(39)31(24-27-16-8-5-9-17-27)36(25-28-18-10-6-11-19-28)33(38)26-37(30-22-14-15-23-32(30)42-4-2)43(40,41)29-20-12-7-13-21-29/h5-23,31H,3-4,24-26H2,1-2H3,(H,35,39)/t31-/m1/s1. The molecule has 0 aliphatic heterocycles. The molecule has 8 nitrogen and oxygen atoms in total. The Morgan fingerprint density at radius 2 is 1.33 bits per heavy atom. The molecule has 1 N–H and O–H groups in total. The fraction of sp³-hybridized carbons (Fsp3) is 0.235. The Morgan fingerprint density at radius 1 is 0.767 bits per heavy atom. The van der Waals surface area contributed by atoms with E-state index in [1.165, 1.54) is 17.0 Å². The summed E-state index contributed by atoms with van der Waals surface area (Å²) in [5.41, 5.74) is 1.92. The van der Waals surface area contributed by atoms with Crippen LogP contribution in [0.15, 0.2) is 120 Å². The van der Waals surface area contributed by atoms with E-state index < -0.39 is 28.5 Å². The van der Waals surface area contributed by atoms with Gasteiger partial charge in [0.15, 0.2) is 0 Å². The summed E-state index contributed by atoms with van der Waals surface area (Å²) in [6.07, 6.45) is 0.256. The highest BCUT2D eigenvalue weighted by molar-refractivity contribution is 7.92. The van der Waals surface area contributed by atoms with Crippen molar-refractivity contribution in [2.24, 2.45) is 0 Å². The van der Waals surface area contributed by atoms with Gasteiger partial charge in [-0.3, -0.25) is 13.9 Å². The monoisotopic (exact) mass is 599 g/mol. The Morgan fingerprint density at radius 3 is 1.93 bits per heavy atom. The van der Waals surface area contributed by atoms with E-state index in [4.69, 9.17) is 4.74 Å². The minimum Gasteiger partial charge on any atom is -0.492 e. The molecule has 0 heterocycles. The van der Waals surface area contributed by atoms with Crippen LogP contribution in [0.1, 0.15) is 25.0 Å². The number of hydrogen-bond acceptors (Lipinski definition) is 5. The smallest absolute Gasteiger partial charge is 0.264 e. The van der Waals surface area contributed by atoms with E-state index in [0.29, 0.717) is 18.9 Å². The number of carbonyl (C=O) groups is 2. The highest BCUT2D eigenvalue weighted by Crippen LogP contribution is 2.33. The third-order valence-corrected chi connectivity index (χ3v) is 8.64. The number of ether oxygens (including phenoxy) is 1. The zero-order valence-corrected chi connectivity index (χ0v) is 25.2. The summed E-state index contributed by atoms with van der Waals surface area (Å²) in [5, 5.41) is 2.87. The van der Waals surface area contributed by atoms with Gasteiger partial charge in [-0.1, -0.05) is 91.0 Å². The quantitative estimate of drug-likeness (QED) is 0.219. The molecule has 0 saturated carbocycles. The third-order valence-electron chi connectivity index (χ3n) is 6.86. The van der Waals surface area contributed by atoms with Gasteiger partial charge < -0.3 is 15.0 Å². The Bertz CT molecular complexity index is 1580. The molecule has 2 amide bonds. The van der Waals surface area contributed by atoms with Gasteiger partial charge in [0.2, 0.25) is 11.8 Å². The van der Waals surface area contributed by atoms with Crippen LogP contribution >= 0.6 is 0 Å². The molecule has 4 rings (SSSR count). The molecule has 0 aliphatic rings. The van der Waals surface area contributed by atoms with Crippen molar-refractivity contribution in [2.75, 3.05) is 24.0 Å². The Labute approximate surface area is 254 Å². The van der Waals surface area contributed by atoms with E-state index in [2.05, 4.69) is 5.32 Å². The summed E-state index contributed by atoms with van der Waals surface area (Å²) in [7, 11) is -4.21. The second kappa shape index (κ2) is 15.0. The average molecular weight is 600 g/mol. The van der Waals surface area contributed by atoms with Gasteiger partial charge in [-0.25, -0.2) is 8.42 Å². The maximum absolute atomic E-state index is 14.4.